The van der Waals surface area contributed by atoms with E-state index in [1.807, 2.05) is 0 Å². The van der Waals surface area contributed by atoms with Gasteiger partial charge < -0.3 is 9.79 Å². The van der Waals surface area contributed by atoms with E-state index in [1.165, 1.54) is 0 Å². The van der Waals surface area contributed by atoms with Crippen LogP contribution in [0.2, 0.25) is 0 Å². The molecule has 0 atom stereocenters. The van der Waals surface area contributed by atoms with Crippen LogP contribution in [0.1, 0.15) is 0 Å². The quantitative estimate of drug-likeness (QED) is 0.485. The van der Waals surface area contributed by atoms with E-state index >= 15 is 0 Å². The highest BCUT2D eigenvalue weighted by atomic mass is 32.2. The van der Waals surface area contributed by atoms with E-state index in [0.29, 0.717) is 6.26 Å². The lowest BCUT2D eigenvalue weighted by Gasteiger charge is -1.84. The molecule has 0 aromatic heterocycles. The van der Waals surface area contributed by atoms with Gasteiger partial charge in [-0.15, -0.1) is 0 Å². The highest BCUT2D eigenvalue weighted by Gasteiger charge is 1.95. The summed E-state index contributed by atoms with van der Waals surface area (Å²) in [5.41, 5.74) is 0. The topological polar surface area (TPSA) is 112 Å². The van der Waals surface area contributed by atoms with Crippen molar-refractivity contribution in [2.45, 2.75) is 0 Å². The summed E-state index contributed by atoms with van der Waals surface area (Å²) in [4.78, 5) is 15.3. The van der Waals surface area contributed by atoms with E-state index in [-0.39, 0.29) is 0 Å². The summed E-state index contributed by atoms with van der Waals surface area (Å²) in [5.74, 6) is 0. The van der Waals surface area contributed by atoms with Gasteiger partial charge in [0.1, 0.15) is 0 Å². The van der Waals surface area contributed by atoms with Gasteiger partial charge in [0, 0.05) is 6.66 Å². The molecule has 0 rings (SSSR count). The Morgan fingerprint density at radius 1 is 1.30 bits per heavy atom. The Morgan fingerprint density at radius 2 is 1.30 bits per heavy atom. The molecule has 10 heavy (non-hydrogen) atoms. The molecule has 63 valence electrons. The van der Waals surface area contributed by atoms with Crippen molar-refractivity contribution in [1.82, 2.24) is 0 Å². The molecule has 1 radical (unpaired) electrons. The number of rotatable bonds is 0. The molecule has 0 unspecified atom stereocenters. The molecule has 0 bridgehead atoms. The normalized spacial score (nSPS) is 11.7. The largest absolute Gasteiger partial charge is 0.325 e. The van der Waals surface area contributed by atoms with Crippen LogP contribution in [-0.2, 0) is 19.2 Å². The van der Waals surface area contributed by atoms with E-state index in [1.54, 1.807) is 0 Å². The fourth-order valence-corrected chi connectivity index (χ4v) is 0. The van der Waals surface area contributed by atoms with Crippen molar-refractivity contribution in [1.29, 1.82) is 0 Å². The summed E-state index contributed by atoms with van der Waals surface area (Å²) in [6.45, 7) is 0.854. The second-order valence-corrected chi connectivity index (χ2v) is 4.62. The molecule has 0 aliphatic heterocycles. The van der Waals surface area contributed by atoms with Gasteiger partial charge in [-0.25, -0.2) is 0 Å². The van der Waals surface area contributed by atoms with Crippen LogP contribution in [0.15, 0.2) is 0 Å². The zero-order valence-corrected chi connectivity index (χ0v) is 7.09. The summed E-state index contributed by atoms with van der Waals surface area (Å²) < 4.78 is 36.6. The smallest absolute Gasteiger partial charge is 0.322 e. The average molecular weight is 191 g/mol. The maximum absolute atomic E-state index is 9.33. The van der Waals surface area contributed by atoms with E-state index in [9.17, 15) is 4.57 Å². The van der Waals surface area contributed by atoms with Gasteiger partial charge in [0.25, 0.3) is 10.1 Å². The monoisotopic (exact) mass is 191 g/mol. The van der Waals surface area contributed by atoms with Crippen molar-refractivity contribution in [3.05, 3.63) is 0 Å². The Labute approximate surface area is 58.8 Å². The lowest BCUT2D eigenvalue weighted by atomic mass is 12.0. The van der Waals surface area contributed by atoms with Gasteiger partial charge in [0.15, 0.2) is 0 Å². The Morgan fingerprint density at radius 3 is 1.30 bits per heavy atom. The third-order valence-corrected chi connectivity index (χ3v) is 0. The summed E-state index contributed by atoms with van der Waals surface area (Å²) in [7, 11) is -7.56. The molecular weight excluding hydrogens is 183 g/mol. The Hall–Kier alpha value is 0.0600. The minimum absolute atomic E-state index is 0.604. The van der Waals surface area contributed by atoms with E-state index in [2.05, 4.69) is 0 Å². The average Bonchev–Trinajstić information content (AvgIpc) is 1.12. The van der Waals surface area contributed by atoms with Crippen LogP contribution in [0, 0.1) is 0 Å². The second-order valence-electron chi connectivity index (χ2n) is 1.54. The van der Waals surface area contributed by atoms with E-state index in [0.717, 1.165) is 6.66 Å². The molecule has 0 saturated carbocycles. The minimum Gasteiger partial charge on any atom is -0.325 e. The van der Waals surface area contributed by atoms with Gasteiger partial charge in [-0.1, -0.05) is 4.55 Å². The van der Waals surface area contributed by atoms with Crippen molar-refractivity contribution in [3.63, 3.8) is 0 Å². The van der Waals surface area contributed by atoms with Crippen molar-refractivity contribution >= 4 is 17.7 Å². The molecule has 0 fully saturated rings. The summed E-state index contributed by atoms with van der Waals surface area (Å²) >= 11 is 0. The van der Waals surface area contributed by atoms with Crippen LogP contribution in [0.25, 0.3) is 0 Å². The molecule has 2 N–H and O–H groups in total. The zero-order chi connectivity index (χ0) is 9.00. The Kier molecular flexibility index (Phi) is 5.14. The molecule has 0 aliphatic carbocycles. The van der Waals surface area contributed by atoms with Crippen LogP contribution in [0.4, 0.5) is 0 Å². The van der Waals surface area contributed by atoms with Crippen LogP contribution in [-0.4, -0.2) is 31.1 Å². The molecule has 0 heterocycles. The van der Waals surface area contributed by atoms with Gasteiger partial charge in [-0.3, -0.25) is 4.57 Å². The molecule has 0 saturated heterocycles. The van der Waals surface area contributed by atoms with Crippen molar-refractivity contribution < 1.29 is 27.3 Å². The first kappa shape index (κ1) is 12.7. The Balaban J connectivity index is 0. The fraction of sp³-hybridized carbons (Fsp3) is 1.00. The lowest BCUT2D eigenvalue weighted by Crippen LogP contribution is -1.85. The first-order valence-corrected chi connectivity index (χ1v) is 5.81. The highest BCUT2D eigenvalue weighted by Crippen LogP contribution is 2.26. The third-order valence-electron chi connectivity index (χ3n) is 0. The first-order valence-electron chi connectivity index (χ1n) is 1.94. The molecule has 8 heteroatoms. The van der Waals surface area contributed by atoms with Crippen LogP contribution >= 0.6 is 7.60 Å². The van der Waals surface area contributed by atoms with Crippen molar-refractivity contribution in [3.8, 4) is 0 Å². The van der Waals surface area contributed by atoms with Gasteiger partial charge >= 0.3 is 7.60 Å². The molecule has 0 aromatic carbocycles. The summed E-state index contributed by atoms with van der Waals surface area (Å²) in [6.07, 6.45) is 0.604. The molecular formula is C2H8O6PS. The summed E-state index contributed by atoms with van der Waals surface area (Å²) in [5, 5.41) is 0. The molecule has 0 aromatic rings. The molecule has 0 spiro atoms. The fourth-order valence-electron chi connectivity index (χ4n) is 0. The predicted molar refractivity (Wildman–Crippen MR) is 33.5 cm³/mol. The predicted octanol–water partition coefficient (Wildman–Crippen LogP) is -0.830. The van der Waals surface area contributed by atoms with E-state index < -0.39 is 17.7 Å². The first-order chi connectivity index (χ1) is 4.00. The second kappa shape index (κ2) is 4.05. The summed E-state index contributed by atoms with van der Waals surface area (Å²) in [6, 6.07) is 0. The van der Waals surface area contributed by atoms with E-state index in [4.69, 9.17) is 22.8 Å². The van der Waals surface area contributed by atoms with Crippen molar-refractivity contribution in [2.24, 2.45) is 0 Å². The maximum Gasteiger partial charge on any atom is 0.322 e. The lowest BCUT2D eigenvalue weighted by molar-refractivity contribution is 0.381. The molecule has 6 nitrogen and oxygen atoms in total. The molecule has 0 aliphatic rings. The maximum atomic E-state index is 9.33. The SMILES string of the molecule is CP(=O)(O)O.CS([O])(=O)=O. The standard InChI is InChI=1S/CH5O3P.CH3O3S/c2*1-5(2,3)4/h1H3,(H2,2,3,4);1H3. The molecule has 0 amide bonds. The van der Waals surface area contributed by atoms with Gasteiger partial charge in [0.05, 0.1) is 6.26 Å². The van der Waals surface area contributed by atoms with Gasteiger partial charge in [0.2, 0.25) is 0 Å². The third kappa shape index (κ3) is 112000. The zero-order valence-electron chi connectivity index (χ0n) is 5.38. The Bertz CT molecular complexity index is 194. The highest BCUT2D eigenvalue weighted by molar-refractivity contribution is 7.84. The number of hydrogen-bond donors (Lipinski definition) is 2. The number of hydrogen-bond acceptors (Lipinski definition) is 3. The van der Waals surface area contributed by atoms with Crippen LogP contribution in [0.5, 0.6) is 0 Å². The van der Waals surface area contributed by atoms with Crippen LogP contribution < -0.4 is 0 Å². The van der Waals surface area contributed by atoms with Crippen molar-refractivity contribution in [2.75, 3.05) is 12.9 Å². The van der Waals surface area contributed by atoms with Gasteiger partial charge in [-0.2, -0.15) is 8.42 Å². The minimum atomic E-state index is -3.92. The van der Waals surface area contributed by atoms with Gasteiger partial charge in [-0.05, 0) is 0 Å². The van der Waals surface area contributed by atoms with Crippen LogP contribution in [0.3, 0.4) is 0 Å².